The van der Waals surface area contributed by atoms with Gasteiger partial charge in [0.2, 0.25) is 0 Å². The lowest BCUT2D eigenvalue weighted by Crippen LogP contribution is -2.55. The van der Waals surface area contributed by atoms with Crippen LogP contribution in [0.3, 0.4) is 0 Å². The van der Waals surface area contributed by atoms with Crippen molar-refractivity contribution in [3.05, 3.63) is 0 Å². The largest absolute Gasteiger partial charge is 0.481 e. The van der Waals surface area contributed by atoms with E-state index in [-0.39, 0.29) is 24.1 Å². The van der Waals surface area contributed by atoms with Crippen LogP contribution in [0.2, 0.25) is 0 Å². The molecule has 1 heterocycles. The zero-order valence-corrected chi connectivity index (χ0v) is 12.9. The van der Waals surface area contributed by atoms with Gasteiger partial charge in [0, 0.05) is 26.2 Å². The fourth-order valence-corrected chi connectivity index (χ4v) is 2.72. The van der Waals surface area contributed by atoms with Gasteiger partial charge in [-0.15, -0.1) is 0 Å². The van der Waals surface area contributed by atoms with E-state index in [0.717, 1.165) is 12.8 Å². The molecule has 0 aliphatic carbocycles. The van der Waals surface area contributed by atoms with Crippen LogP contribution in [0.25, 0.3) is 0 Å². The molecule has 2 atom stereocenters. The molecule has 6 nitrogen and oxygen atoms in total. The van der Waals surface area contributed by atoms with E-state index in [1.54, 1.807) is 23.8 Å². The topological polar surface area (TPSA) is 70.1 Å². The number of ether oxygens (including phenoxy) is 1. The third-order valence-electron chi connectivity index (χ3n) is 4.01. The van der Waals surface area contributed by atoms with Crippen molar-refractivity contribution < 1.29 is 19.4 Å². The zero-order valence-electron chi connectivity index (χ0n) is 12.9. The van der Waals surface area contributed by atoms with Gasteiger partial charge in [0.15, 0.2) is 0 Å². The molecule has 2 amide bonds. The molecule has 1 aliphatic heterocycles. The molecule has 0 aromatic heterocycles. The lowest BCUT2D eigenvalue weighted by Gasteiger charge is -2.42. The number of nitrogens with zero attached hydrogens (tertiary/aromatic N) is 2. The van der Waals surface area contributed by atoms with Gasteiger partial charge in [-0.25, -0.2) is 4.79 Å². The van der Waals surface area contributed by atoms with Crippen molar-refractivity contribution >= 4 is 12.0 Å². The molecule has 116 valence electrons. The number of carboxylic acid groups (broad SMARTS) is 1. The van der Waals surface area contributed by atoms with Crippen LogP contribution in [0.15, 0.2) is 0 Å². The first kappa shape index (κ1) is 16.8. The number of hydrogen-bond donors (Lipinski definition) is 1. The van der Waals surface area contributed by atoms with Gasteiger partial charge in [0.1, 0.15) is 0 Å². The molecule has 0 aromatic carbocycles. The smallest absolute Gasteiger partial charge is 0.320 e. The van der Waals surface area contributed by atoms with Gasteiger partial charge in [-0.2, -0.15) is 0 Å². The Labute approximate surface area is 120 Å². The maximum atomic E-state index is 12.6. The summed E-state index contributed by atoms with van der Waals surface area (Å²) in [6.45, 7) is 7.41. The van der Waals surface area contributed by atoms with Crippen molar-refractivity contribution in [2.45, 2.75) is 51.7 Å². The van der Waals surface area contributed by atoms with Crippen molar-refractivity contribution in [2.24, 2.45) is 0 Å². The second-order valence-corrected chi connectivity index (χ2v) is 5.69. The van der Waals surface area contributed by atoms with Crippen molar-refractivity contribution in [1.29, 1.82) is 0 Å². The highest BCUT2D eigenvalue weighted by molar-refractivity contribution is 5.76. The molecule has 0 bridgehead atoms. The Morgan fingerprint density at radius 3 is 2.65 bits per heavy atom. The minimum Gasteiger partial charge on any atom is -0.481 e. The maximum Gasteiger partial charge on any atom is 0.320 e. The maximum absolute atomic E-state index is 12.6. The molecule has 1 rings (SSSR count). The average molecular weight is 286 g/mol. The summed E-state index contributed by atoms with van der Waals surface area (Å²) in [4.78, 5) is 26.8. The number of rotatable bonds is 5. The van der Waals surface area contributed by atoms with Crippen LogP contribution >= 0.6 is 0 Å². The van der Waals surface area contributed by atoms with E-state index in [1.807, 2.05) is 13.8 Å². The van der Waals surface area contributed by atoms with E-state index in [0.29, 0.717) is 19.6 Å². The lowest BCUT2D eigenvalue weighted by molar-refractivity contribution is -0.138. The fourth-order valence-electron chi connectivity index (χ4n) is 2.72. The molecular formula is C14H26N2O4. The highest BCUT2D eigenvalue weighted by atomic mass is 16.5. The molecular weight excluding hydrogens is 260 g/mol. The van der Waals surface area contributed by atoms with E-state index in [1.165, 1.54) is 0 Å². The van der Waals surface area contributed by atoms with Gasteiger partial charge in [-0.3, -0.25) is 4.79 Å². The van der Waals surface area contributed by atoms with Crippen molar-refractivity contribution in [3.63, 3.8) is 0 Å². The number of carboxylic acids is 1. The van der Waals surface area contributed by atoms with Crippen molar-refractivity contribution in [3.8, 4) is 0 Å². The van der Waals surface area contributed by atoms with E-state index in [4.69, 9.17) is 9.84 Å². The van der Waals surface area contributed by atoms with E-state index in [9.17, 15) is 9.59 Å². The van der Waals surface area contributed by atoms with E-state index >= 15 is 0 Å². The molecule has 1 fully saturated rings. The molecule has 0 radical (unpaired) electrons. The van der Waals surface area contributed by atoms with Gasteiger partial charge in [-0.1, -0.05) is 0 Å². The molecule has 0 spiro atoms. The Morgan fingerprint density at radius 1 is 1.50 bits per heavy atom. The standard InChI is InChI=1S/C14H26N2O4/c1-5-16(11(2)9-12(17)18)13(19)15-8-6-7-14(3,10-15)20-4/h11H,5-10H2,1-4H3,(H,17,18). The SMILES string of the molecule is CCN(C(=O)N1CCCC(C)(OC)C1)C(C)CC(=O)O. The van der Waals surface area contributed by atoms with Gasteiger partial charge >= 0.3 is 12.0 Å². The minimum absolute atomic E-state index is 0.0328. The van der Waals surface area contributed by atoms with Crippen LogP contribution in [0.1, 0.15) is 40.0 Å². The molecule has 20 heavy (non-hydrogen) atoms. The molecule has 1 saturated heterocycles. The Morgan fingerprint density at radius 2 is 2.15 bits per heavy atom. The normalized spacial score (nSPS) is 24.3. The molecule has 1 N–H and O–H groups in total. The summed E-state index contributed by atoms with van der Waals surface area (Å²) in [5.41, 5.74) is -0.302. The third-order valence-corrected chi connectivity index (χ3v) is 4.01. The first-order chi connectivity index (χ1) is 9.33. The number of likely N-dealkylation sites (tertiary alicyclic amines) is 1. The minimum atomic E-state index is -0.885. The number of urea groups is 1. The fraction of sp³-hybridized carbons (Fsp3) is 0.857. The van der Waals surface area contributed by atoms with E-state index < -0.39 is 5.97 Å². The number of carbonyl (C=O) groups is 2. The van der Waals surface area contributed by atoms with Crippen LogP contribution in [0.5, 0.6) is 0 Å². The number of amides is 2. The summed E-state index contributed by atoms with van der Waals surface area (Å²) in [5, 5.41) is 8.87. The van der Waals surface area contributed by atoms with Gasteiger partial charge in [0.25, 0.3) is 0 Å². The van der Waals surface area contributed by atoms with Gasteiger partial charge in [-0.05, 0) is 33.6 Å². The Balaban J connectivity index is 2.73. The lowest BCUT2D eigenvalue weighted by atomic mass is 9.95. The molecule has 0 saturated carbocycles. The monoisotopic (exact) mass is 286 g/mol. The van der Waals surface area contributed by atoms with Crippen LogP contribution in [-0.2, 0) is 9.53 Å². The number of piperidine rings is 1. The Kier molecular flexibility index (Phi) is 5.80. The second kappa shape index (κ2) is 6.92. The van der Waals surface area contributed by atoms with Crippen molar-refractivity contribution in [2.75, 3.05) is 26.7 Å². The summed E-state index contributed by atoms with van der Waals surface area (Å²) in [6, 6.07) is -0.398. The number of methoxy groups -OCH3 is 1. The first-order valence-corrected chi connectivity index (χ1v) is 7.15. The van der Waals surface area contributed by atoms with E-state index in [2.05, 4.69) is 0 Å². The molecule has 0 aromatic rings. The third kappa shape index (κ3) is 4.10. The van der Waals surface area contributed by atoms with Crippen LogP contribution < -0.4 is 0 Å². The number of hydrogen-bond acceptors (Lipinski definition) is 3. The molecule has 2 unspecified atom stereocenters. The predicted molar refractivity (Wildman–Crippen MR) is 75.7 cm³/mol. The van der Waals surface area contributed by atoms with Crippen molar-refractivity contribution in [1.82, 2.24) is 9.80 Å². The zero-order chi connectivity index (χ0) is 15.3. The van der Waals surface area contributed by atoms with Crippen LogP contribution in [0, 0.1) is 0 Å². The van der Waals surface area contributed by atoms with Crippen LogP contribution in [-0.4, -0.2) is 65.3 Å². The Hall–Kier alpha value is -1.30. The number of aliphatic carboxylic acids is 1. The summed E-state index contributed by atoms with van der Waals surface area (Å²) < 4.78 is 5.49. The highest BCUT2D eigenvalue weighted by Crippen LogP contribution is 2.25. The molecule has 1 aliphatic rings. The predicted octanol–water partition coefficient (Wildman–Crippen LogP) is 1.79. The summed E-state index contributed by atoms with van der Waals surface area (Å²) >= 11 is 0. The quantitative estimate of drug-likeness (QED) is 0.836. The Bertz CT molecular complexity index is 361. The summed E-state index contributed by atoms with van der Waals surface area (Å²) in [7, 11) is 1.67. The summed E-state index contributed by atoms with van der Waals surface area (Å²) in [6.07, 6.45) is 1.81. The average Bonchev–Trinajstić information content (AvgIpc) is 2.38. The van der Waals surface area contributed by atoms with Crippen LogP contribution in [0.4, 0.5) is 4.79 Å². The second-order valence-electron chi connectivity index (χ2n) is 5.69. The molecule has 6 heteroatoms. The summed E-state index contributed by atoms with van der Waals surface area (Å²) in [5.74, 6) is -0.885. The highest BCUT2D eigenvalue weighted by Gasteiger charge is 2.35. The van der Waals surface area contributed by atoms with Gasteiger partial charge < -0.3 is 19.6 Å². The van der Waals surface area contributed by atoms with Gasteiger partial charge in [0.05, 0.1) is 18.6 Å². The number of carbonyl (C=O) groups excluding carboxylic acids is 1. The first-order valence-electron chi connectivity index (χ1n) is 7.15.